The Labute approximate surface area is 125 Å². The first kappa shape index (κ1) is 15.5. The van der Waals surface area contributed by atoms with Crippen molar-refractivity contribution in [2.75, 3.05) is 20.3 Å². The summed E-state index contributed by atoms with van der Waals surface area (Å²) in [5, 5.41) is 11.2. The van der Waals surface area contributed by atoms with E-state index in [0.717, 1.165) is 35.8 Å². The summed E-state index contributed by atoms with van der Waals surface area (Å²) in [5.41, 5.74) is 2.25. The van der Waals surface area contributed by atoms with Crippen LogP contribution in [0.2, 0.25) is 0 Å². The van der Waals surface area contributed by atoms with Gasteiger partial charge in [0, 0.05) is 32.8 Å². The van der Waals surface area contributed by atoms with Gasteiger partial charge in [-0.25, -0.2) is 0 Å². The number of methoxy groups -OCH3 is 1. The number of aromatic nitrogens is 3. The third-order valence-electron chi connectivity index (χ3n) is 3.24. The van der Waals surface area contributed by atoms with Crippen LogP contribution in [0.5, 0.6) is 5.75 Å². The smallest absolute Gasteiger partial charge is 0.170 e. The highest BCUT2D eigenvalue weighted by Crippen LogP contribution is 2.24. The second kappa shape index (κ2) is 7.75. The second-order valence-corrected chi connectivity index (χ2v) is 4.88. The van der Waals surface area contributed by atoms with Crippen LogP contribution in [0, 0.1) is 6.92 Å². The maximum absolute atomic E-state index is 5.96. The zero-order chi connectivity index (χ0) is 15.1. The number of rotatable bonds is 8. The van der Waals surface area contributed by atoms with E-state index in [2.05, 4.69) is 21.6 Å². The Morgan fingerprint density at radius 3 is 2.90 bits per heavy atom. The molecule has 0 saturated carbocycles. The van der Waals surface area contributed by atoms with E-state index in [0.29, 0.717) is 13.2 Å². The molecular formula is C15H22N4O2. The molecule has 1 aromatic carbocycles. The van der Waals surface area contributed by atoms with Gasteiger partial charge in [0.1, 0.15) is 18.7 Å². The second-order valence-electron chi connectivity index (χ2n) is 4.88. The van der Waals surface area contributed by atoms with E-state index < -0.39 is 0 Å². The SMILES string of the molecule is COCCNCc1cccc(C)c1OCc1nncn1C. The van der Waals surface area contributed by atoms with E-state index >= 15 is 0 Å². The van der Waals surface area contributed by atoms with Crippen LogP contribution in [0.3, 0.4) is 0 Å². The summed E-state index contributed by atoms with van der Waals surface area (Å²) >= 11 is 0. The Kier molecular flexibility index (Phi) is 5.71. The number of nitrogens with zero attached hydrogens (tertiary/aromatic N) is 3. The first-order chi connectivity index (χ1) is 10.2. The van der Waals surface area contributed by atoms with Gasteiger partial charge in [0.15, 0.2) is 5.82 Å². The van der Waals surface area contributed by atoms with Gasteiger partial charge < -0.3 is 19.4 Å². The minimum atomic E-state index is 0.409. The molecule has 0 atom stereocenters. The van der Waals surface area contributed by atoms with Crippen molar-refractivity contribution in [1.29, 1.82) is 0 Å². The summed E-state index contributed by atoms with van der Waals surface area (Å²) in [7, 11) is 3.60. The first-order valence-corrected chi connectivity index (χ1v) is 6.96. The van der Waals surface area contributed by atoms with E-state index in [4.69, 9.17) is 9.47 Å². The van der Waals surface area contributed by atoms with Crippen LogP contribution in [0.25, 0.3) is 0 Å². The molecule has 1 aromatic heterocycles. The molecular weight excluding hydrogens is 268 g/mol. The monoisotopic (exact) mass is 290 g/mol. The van der Waals surface area contributed by atoms with Crippen LogP contribution < -0.4 is 10.1 Å². The van der Waals surface area contributed by atoms with Crippen molar-refractivity contribution in [1.82, 2.24) is 20.1 Å². The highest BCUT2D eigenvalue weighted by atomic mass is 16.5. The highest BCUT2D eigenvalue weighted by molar-refractivity contribution is 5.40. The lowest BCUT2D eigenvalue weighted by Gasteiger charge is -2.14. The van der Waals surface area contributed by atoms with E-state index in [9.17, 15) is 0 Å². The highest BCUT2D eigenvalue weighted by Gasteiger charge is 2.09. The molecule has 114 valence electrons. The first-order valence-electron chi connectivity index (χ1n) is 6.96. The van der Waals surface area contributed by atoms with E-state index in [-0.39, 0.29) is 0 Å². The quantitative estimate of drug-likeness (QED) is 0.745. The lowest BCUT2D eigenvalue weighted by molar-refractivity contribution is 0.199. The fourth-order valence-electron chi connectivity index (χ4n) is 2.03. The number of hydrogen-bond donors (Lipinski definition) is 1. The maximum atomic E-state index is 5.96. The third kappa shape index (κ3) is 4.27. The van der Waals surface area contributed by atoms with Crippen LogP contribution in [-0.4, -0.2) is 35.0 Å². The molecule has 0 aliphatic carbocycles. The minimum Gasteiger partial charge on any atom is -0.485 e. The fraction of sp³-hybridized carbons (Fsp3) is 0.467. The molecule has 0 aliphatic heterocycles. The van der Waals surface area contributed by atoms with Gasteiger partial charge in [-0.3, -0.25) is 0 Å². The molecule has 1 heterocycles. The molecule has 0 radical (unpaired) electrons. The number of benzene rings is 1. The van der Waals surface area contributed by atoms with Crippen molar-refractivity contribution in [3.63, 3.8) is 0 Å². The summed E-state index contributed by atoms with van der Waals surface area (Å²) in [5.74, 6) is 1.71. The number of nitrogens with one attached hydrogen (secondary N) is 1. The molecule has 0 saturated heterocycles. The van der Waals surface area contributed by atoms with Gasteiger partial charge in [-0.2, -0.15) is 0 Å². The Morgan fingerprint density at radius 2 is 2.19 bits per heavy atom. The molecule has 2 rings (SSSR count). The van der Waals surface area contributed by atoms with Crippen molar-refractivity contribution < 1.29 is 9.47 Å². The number of hydrogen-bond acceptors (Lipinski definition) is 5. The topological polar surface area (TPSA) is 61.2 Å². The van der Waals surface area contributed by atoms with Gasteiger partial charge in [-0.1, -0.05) is 18.2 Å². The molecule has 0 fully saturated rings. The van der Waals surface area contributed by atoms with Crippen LogP contribution in [-0.2, 0) is 24.9 Å². The summed E-state index contributed by atoms with van der Waals surface area (Å²) < 4.78 is 12.8. The predicted octanol–water partition coefficient (Wildman–Crippen LogP) is 1.44. The van der Waals surface area contributed by atoms with Gasteiger partial charge in [0.2, 0.25) is 0 Å². The van der Waals surface area contributed by atoms with Gasteiger partial charge in [0.05, 0.1) is 6.61 Å². The van der Waals surface area contributed by atoms with Gasteiger partial charge >= 0.3 is 0 Å². The summed E-state index contributed by atoms with van der Waals surface area (Å²) in [6.07, 6.45) is 1.67. The molecule has 0 spiro atoms. The van der Waals surface area contributed by atoms with Crippen LogP contribution in [0.1, 0.15) is 17.0 Å². The summed E-state index contributed by atoms with van der Waals surface area (Å²) in [4.78, 5) is 0. The molecule has 6 nitrogen and oxygen atoms in total. The number of ether oxygens (including phenoxy) is 2. The lowest BCUT2D eigenvalue weighted by Crippen LogP contribution is -2.19. The van der Waals surface area contributed by atoms with Crippen LogP contribution >= 0.6 is 0 Å². The molecule has 0 aliphatic rings. The van der Waals surface area contributed by atoms with Crippen LogP contribution in [0.4, 0.5) is 0 Å². The standard InChI is InChI=1S/C15H22N4O2/c1-12-5-4-6-13(9-16-7-8-20-3)15(12)21-10-14-18-17-11-19(14)2/h4-6,11,16H,7-10H2,1-3H3. The van der Waals surface area contributed by atoms with Crippen molar-refractivity contribution in [3.05, 3.63) is 41.5 Å². The average Bonchev–Trinajstić information content (AvgIpc) is 2.88. The zero-order valence-corrected chi connectivity index (χ0v) is 12.8. The summed E-state index contributed by atoms with van der Waals surface area (Å²) in [6, 6.07) is 6.15. The summed E-state index contributed by atoms with van der Waals surface area (Å²) in [6.45, 7) is 4.71. The van der Waals surface area contributed by atoms with E-state index in [1.165, 1.54) is 0 Å². The van der Waals surface area contributed by atoms with Gasteiger partial charge in [0.25, 0.3) is 0 Å². The Morgan fingerprint density at radius 1 is 1.33 bits per heavy atom. The predicted molar refractivity (Wildman–Crippen MR) is 80.1 cm³/mol. The number of para-hydroxylation sites is 1. The molecule has 6 heteroatoms. The third-order valence-corrected chi connectivity index (χ3v) is 3.24. The normalized spacial score (nSPS) is 10.8. The molecule has 0 amide bonds. The van der Waals surface area contributed by atoms with E-state index in [1.807, 2.05) is 30.7 Å². The number of aryl methyl sites for hydroxylation is 2. The fourth-order valence-corrected chi connectivity index (χ4v) is 2.03. The van der Waals surface area contributed by atoms with E-state index in [1.54, 1.807) is 13.4 Å². The average molecular weight is 290 g/mol. The Bertz CT molecular complexity index is 569. The van der Waals surface area contributed by atoms with Crippen molar-refractivity contribution in [2.24, 2.45) is 7.05 Å². The van der Waals surface area contributed by atoms with Crippen molar-refractivity contribution in [3.8, 4) is 5.75 Å². The minimum absolute atomic E-state index is 0.409. The molecule has 2 aromatic rings. The van der Waals surface area contributed by atoms with Crippen molar-refractivity contribution in [2.45, 2.75) is 20.1 Å². The Hall–Kier alpha value is -1.92. The Balaban J connectivity index is 2.01. The maximum Gasteiger partial charge on any atom is 0.170 e. The lowest BCUT2D eigenvalue weighted by atomic mass is 10.1. The molecule has 1 N–H and O–H groups in total. The van der Waals surface area contributed by atoms with Crippen LogP contribution in [0.15, 0.2) is 24.5 Å². The van der Waals surface area contributed by atoms with Crippen molar-refractivity contribution >= 4 is 0 Å². The largest absolute Gasteiger partial charge is 0.485 e. The zero-order valence-electron chi connectivity index (χ0n) is 12.8. The molecule has 21 heavy (non-hydrogen) atoms. The molecule has 0 unspecified atom stereocenters. The molecule has 0 bridgehead atoms. The van der Waals surface area contributed by atoms with Gasteiger partial charge in [-0.15, -0.1) is 10.2 Å². The van der Waals surface area contributed by atoms with Gasteiger partial charge in [-0.05, 0) is 12.5 Å².